The molecule has 31 heavy (non-hydrogen) atoms. The standard InChI is InChI=1S/C23H23N3O4S/c1-26(31(2,29)30)19-14-12-18(13-15-19)22(27)25-21-11-7-6-10-20(21)23(28)24-16-17-8-4-3-5-9-17/h3-15H,16H2,1-2H3,(H,24,28)(H,25,27). The van der Waals surface area contributed by atoms with E-state index in [0.717, 1.165) is 16.1 Å². The summed E-state index contributed by atoms with van der Waals surface area (Å²) in [4.78, 5) is 25.3. The topological polar surface area (TPSA) is 95.6 Å². The Balaban J connectivity index is 1.71. The average Bonchev–Trinajstić information content (AvgIpc) is 2.77. The molecule has 0 aromatic heterocycles. The Morgan fingerprint density at radius 3 is 2.10 bits per heavy atom. The summed E-state index contributed by atoms with van der Waals surface area (Å²) in [5.41, 5.74) is 2.48. The van der Waals surface area contributed by atoms with Gasteiger partial charge in [0.25, 0.3) is 11.8 Å². The van der Waals surface area contributed by atoms with Gasteiger partial charge in [-0.1, -0.05) is 42.5 Å². The van der Waals surface area contributed by atoms with Gasteiger partial charge in [-0.05, 0) is 42.0 Å². The first-order valence-corrected chi connectivity index (χ1v) is 11.4. The monoisotopic (exact) mass is 437 g/mol. The lowest BCUT2D eigenvalue weighted by atomic mass is 10.1. The third-order valence-corrected chi connectivity index (χ3v) is 5.91. The normalized spacial score (nSPS) is 10.9. The second-order valence-corrected chi connectivity index (χ2v) is 8.96. The number of hydrogen-bond donors (Lipinski definition) is 2. The van der Waals surface area contributed by atoms with Gasteiger partial charge in [0, 0.05) is 19.2 Å². The van der Waals surface area contributed by atoms with Crippen LogP contribution in [0.25, 0.3) is 0 Å². The molecule has 0 saturated carbocycles. The van der Waals surface area contributed by atoms with Crippen LogP contribution in [0.3, 0.4) is 0 Å². The van der Waals surface area contributed by atoms with Gasteiger partial charge in [0.15, 0.2) is 0 Å². The number of sulfonamides is 1. The van der Waals surface area contributed by atoms with Crippen LogP contribution in [0.2, 0.25) is 0 Å². The molecule has 0 spiro atoms. The summed E-state index contributed by atoms with van der Waals surface area (Å²) in [5.74, 6) is -0.707. The number of carbonyl (C=O) groups is 2. The van der Waals surface area contributed by atoms with Gasteiger partial charge in [-0.25, -0.2) is 8.42 Å². The Bertz CT molecular complexity index is 1180. The number of para-hydroxylation sites is 1. The van der Waals surface area contributed by atoms with E-state index in [4.69, 9.17) is 0 Å². The third-order valence-electron chi connectivity index (χ3n) is 4.71. The van der Waals surface area contributed by atoms with Crippen LogP contribution in [0.4, 0.5) is 11.4 Å². The Morgan fingerprint density at radius 2 is 1.45 bits per heavy atom. The Labute approximate surface area is 181 Å². The van der Waals surface area contributed by atoms with Crippen molar-refractivity contribution in [1.82, 2.24) is 5.32 Å². The number of nitrogens with zero attached hydrogens (tertiary/aromatic N) is 1. The average molecular weight is 438 g/mol. The van der Waals surface area contributed by atoms with E-state index >= 15 is 0 Å². The van der Waals surface area contributed by atoms with Crippen molar-refractivity contribution < 1.29 is 18.0 Å². The molecule has 2 amide bonds. The summed E-state index contributed by atoms with van der Waals surface area (Å²) in [6.07, 6.45) is 1.10. The van der Waals surface area contributed by atoms with E-state index in [1.165, 1.54) is 19.2 Å². The van der Waals surface area contributed by atoms with Crippen LogP contribution >= 0.6 is 0 Å². The molecule has 3 aromatic carbocycles. The van der Waals surface area contributed by atoms with Crippen LogP contribution in [-0.4, -0.2) is 33.5 Å². The van der Waals surface area contributed by atoms with E-state index in [2.05, 4.69) is 10.6 Å². The Kier molecular flexibility index (Phi) is 6.71. The van der Waals surface area contributed by atoms with E-state index in [9.17, 15) is 18.0 Å². The summed E-state index contributed by atoms with van der Waals surface area (Å²) in [7, 11) is -1.95. The molecule has 0 heterocycles. The Hall–Kier alpha value is -3.65. The molecular formula is C23H23N3O4S. The molecule has 0 saturated heterocycles. The molecule has 0 radical (unpaired) electrons. The van der Waals surface area contributed by atoms with Crippen LogP contribution in [-0.2, 0) is 16.6 Å². The minimum Gasteiger partial charge on any atom is -0.348 e. The highest BCUT2D eigenvalue weighted by atomic mass is 32.2. The lowest BCUT2D eigenvalue weighted by Crippen LogP contribution is -2.25. The first-order valence-electron chi connectivity index (χ1n) is 9.52. The Morgan fingerprint density at radius 1 is 0.839 bits per heavy atom. The molecule has 160 valence electrons. The number of anilines is 2. The lowest BCUT2D eigenvalue weighted by Gasteiger charge is -2.17. The lowest BCUT2D eigenvalue weighted by molar-refractivity contribution is 0.0951. The number of carbonyl (C=O) groups excluding carboxylic acids is 2. The van der Waals surface area contributed by atoms with Crippen molar-refractivity contribution in [1.29, 1.82) is 0 Å². The molecule has 0 bridgehead atoms. The van der Waals surface area contributed by atoms with Gasteiger partial charge in [-0.2, -0.15) is 0 Å². The molecule has 3 rings (SSSR count). The first kappa shape index (κ1) is 22.0. The van der Waals surface area contributed by atoms with Crippen molar-refractivity contribution in [2.45, 2.75) is 6.54 Å². The summed E-state index contributed by atoms with van der Waals surface area (Å²) in [6, 6.07) is 22.4. The molecule has 0 aliphatic heterocycles. The van der Waals surface area contributed by atoms with Gasteiger partial charge in [0.2, 0.25) is 10.0 Å². The second-order valence-electron chi connectivity index (χ2n) is 6.95. The van der Waals surface area contributed by atoms with E-state index in [1.807, 2.05) is 30.3 Å². The number of rotatable bonds is 7. The van der Waals surface area contributed by atoms with Gasteiger partial charge < -0.3 is 10.6 Å². The quantitative estimate of drug-likeness (QED) is 0.593. The number of benzene rings is 3. The fourth-order valence-corrected chi connectivity index (χ4v) is 3.38. The first-order chi connectivity index (χ1) is 14.8. The molecule has 0 atom stereocenters. The number of hydrogen-bond acceptors (Lipinski definition) is 4. The molecule has 0 unspecified atom stereocenters. The number of nitrogens with one attached hydrogen (secondary N) is 2. The zero-order valence-electron chi connectivity index (χ0n) is 17.2. The van der Waals surface area contributed by atoms with Crippen LogP contribution in [0.5, 0.6) is 0 Å². The maximum atomic E-state index is 12.7. The van der Waals surface area contributed by atoms with Gasteiger partial charge in [0.1, 0.15) is 0 Å². The maximum absolute atomic E-state index is 12.7. The molecule has 8 heteroatoms. The van der Waals surface area contributed by atoms with Crippen molar-refractivity contribution >= 4 is 33.2 Å². The zero-order chi connectivity index (χ0) is 22.4. The van der Waals surface area contributed by atoms with Crippen LogP contribution in [0.15, 0.2) is 78.9 Å². The number of amides is 2. The van der Waals surface area contributed by atoms with Crippen molar-refractivity contribution in [3.05, 3.63) is 95.6 Å². The zero-order valence-corrected chi connectivity index (χ0v) is 18.0. The van der Waals surface area contributed by atoms with Crippen molar-refractivity contribution in [2.24, 2.45) is 0 Å². The molecule has 3 aromatic rings. The van der Waals surface area contributed by atoms with Gasteiger partial charge in [-0.15, -0.1) is 0 Å². The predicted molar refractivity (Wildman–Crippen MR) is 122 cm³/mol. The second kappa shape index (κ2) is 9.44. The summed E-state index contributed by atoms with van der Waals surface area (Å²) in [5, 5.41) is 5.60. The summed E-state index contributed by atoms with van der Waals surface area (Å²) >= 11 is 0. The highest BCUT2D eigenvalue weighted by molar-refractivity contribution is 7.92. The summed E-state index contributed by atoms with van der Waals surface area (Å²) < 4.78 is 24.4. The molecular weight excluding hydrogens is 414 g/mol. The molecule has 0 aliphatic carbocycles. The largest absolute Gasteiger partial charge is 0.348 e. The highest BCUT2D eigenvalue weighted by Crippen LogP contribution is 2.19. The highest BCUT2D eigenvalue weighted by Gasteiger charge is 2.16. The van der Waals surface area contributed by atoms with E-state index < -0.39 is 15.9 Å². The van der Waals surface area contributed by atoms with E-state index in [0.29, 0.717) is 29.0 Å². The van der Waals surface area contributed by atoms with Crippen LogP contribution < -0.4 is 14.9 Å². The minimum absolute atomic E-state index is 0.301. The SMILES string of the molecule is CN(c1ccc(C(=O)Nc2ccccc2C(=O)NCc2ccccc2)cc1)S(C)(=O)=O. The fourth-order valence-electron chi connectivity index (χ4n) is 2.87. The minimum atomic E-state index is -3.39. The smallest absolute Gasteiger partial charge is 0.255 e. The van der Waals surface area contributed by atoms with Crippen LogP contribution in [0.1, 0.15) is 26.3 Å². The molecule has 7 nitrogen and oxygen atoms in total. The van der Waals surface area contributed by atoms with Crippen molar-refractivity contribution in [3.8, 4) is 0 Å². The van der Waals surface area contributed by atoms with E-state index in [-0.39, 0.29) is 5.91 Å². The molecule has 2 N–H and O–H groups in total. The van der Waals surface area contributed by atoms with Crippen molar-refractivity contribution in [3.63, 3.8) is 0 Å². The van der Waals surface area contributed by atoms with E-state index in [1.54, 1.807) is 36.4 Å². The summed E-state index contributed by atoms with van der Waals surface area (Å²) in [6.45, 7) is 0.372. The van der Waals surface area contributed by atoms with Gasteiger partial charge >= 0.3 is 0 Å². The van der Waals surface area contributed by atoms with Crippen molar-refractivity contribution in [2.75, 3.05) is 22.9 Å². The maximum Gasteiger partial charge on any atom is 0.255 e. The van der Waals surface area contributed by atoms with Gasteiger partial charge in [0.05, 0.1) is 23.2 Å². The fraction of sp³-hybridized carbons (Fsp3) is 0.130. The van der Waals surface area contributed by atoms with Gasteiger partial charge in [-0.3, -0.25) is 13.9 Å². The predicted octanol–water partition coefficient (Wildman–Crippen LogP) is 3.26. The molecule has 0 fully saturated rings. The van der Waals surface area contributed by atoms with Crippen LogP contribution in [0, 0.1) is 0 Å². The molecule has 0 aliphatic rings. The third kappa shape index (κ3) is 5.70.